The molecular weight excluding hydrogens is 453 g/mol. The first-order chi connectivity index (χ1) is 15.9. The van der Waals surface area contributed by atoms with E-state index in [2.05, 4.69) is 22.9 Å². The number of methoxy groups -OCH3 is 1. The molecule has 0 aliphatic carbocycles. The van der Waals surface area contributed by atoms with E-state index in [1.165, 1.54) is 38.3 Å². The van der Waals surface area contributed by atoms with Gasteiger partial charge in [-0.2, -0.15) is 0 Å². The van der Waals surface area contributed by atoms with Gasteiger partial charge in [0.15, 0.2) is 11.5 Å². The van der Waals surface area contributed by atoms with Crippen LogP contribution in [-0.4, -0.2) is 30.7 Å². The Balaban J connectivity index is 1.74. The lowest BCUT2D eigenvalue weighted by molar-refractivity contribution is 0.0845. The summed E-state index contributed by atoms with van der Waals surface area (Å²) in [7, 11) is 1.47. The van der Waals surface area contributed by atoms with E-state index < -0.39 is 17.6 Å². The molecule has 0 atom stereocenters. The van der Waals surface area contributed by atoms with Crippen LogP contribution < -0.4 is 20.3 Å². The number of carbonyl (C=O) groups excluding carboxylic acids is 2. The molecule has 3 rings (SSSR count). The molecule has 0 unspecified atom stereocenters. The van der Waals surface area contributed by atoms with E-state index in [-0.39, 0.29) is 33.2 Å². The van der Waals surface area contributed by atoms with Crippen molar-refractivity contribution in [1.29, 1.82) is 0 Å². The Morgan fingerprint density at radius 2 is 1.91 bits per heavy atom. The molecule has 0 spiro atoms. The number of hydrazine groups is 1. The van der Waals surface area contributed by atoms with Crippen LogP contribution in [-0.2, 0) is 0 Å². The molecule has 2 amide bonds. The zero-order valence-electron chi connectivity index (χ0n) is 18.3. The van der Waals surface area contributed by atoms with Crippen molar-refractivity contribution < 1.29 is 28.0 Å². The van der Waals surface area contributed by atoms with Crippen molar-refractivity contribution in [2.24, 2.45) is 0 Å². The second-order valence-electron chi connectivity index (χ2n) is 7.03. The number of nitrogens with zero attached hydrogens (tertiary/aromatic N) is 1. The number of unbranched alkanes of at least 4 members (excludes halogenated alkanes) is 1. The van der Waals surface area contributed by atoms with Gasteiger partial charge in [0.05, 0.1) is 24.3 Å². The van der Waals surface area contributed by atoms with E-state index in [1.54, 1.807) is 12.1 Å². The maximum Gasteiger partial charge on any atom is 0.275 e. The summed E-state index contributed by atoms with van der Waals surface area (Å²) >= 11 is 6.09. The molecule has 1 heterocycles. The third kappa shape index (κ3) is 5.43. The summed E-state index contributed by atoms with van der Waals surface area (Å²) in [6.45, 7) is 4.07. The Labute approximate surface area is 195 Å². The van der Waals surface area contributed by atoms with Crippen LogP contribution in [0, 0.1) is 12.7 Å². The lowest BCUT2D eigenvalue weighted by atomic mass is 10.1. The molecule has 1 aromatic heterocycles. The van der Waals surface area contributed by atoms with Crippen LogP contribution in [0.15, 0.2) is 40.9 Å². The molecule has 0 fully saturated rings. The van der Waals surface area contributed by atoms with E-state index in [1.807, 2.05) is 0 Å². The van der Waals surface area contributed by atoms with Gasteiger partial charge in [-0.15, -0.1) is 0 Å². The molecule has 33 heavy (non-hydrogen) atoms. The number of hydrogen-bond donors (Lipinski definition) is 2. The average Bonchev–Trinajstić information content (AvgIpc) is 3.18. The highest BCUT2D eigenvalue weighted by atomic mass is 35.5. The summed E-state index contributed by atoms with van der Waals surface area (Å²) < 4.78 is 30.4. The summed E-state index contributed by atoms with van der Waals surface area (Å²) in [6.07, 6.45) is 1.87. The summed E-state index contributed by atoms with van der Waals surface area (Å²) in [5, 5.41) is 3.84. The maximum atomic E-state index is 14.3. The summed E-state index contributed by atoms with van der Waals surface area (Å²) in [5.74, 6) is -0.979. The van der Waals surface area contributed by atoms with Crippen molar-refractivity contribution in [3.63, 3.8) is 0 Å². The zero-order valence-corrected chi connectivity index (χ0v) is 19.1. The van der Waals surface area contributed by atoms with Gasteiger partial charge in [-0.1, -0.05) is 36.2 Å². The maximum absolute atomic E-state index is 14.3. The smallest absolute Gasteiger partial charge is 0.275 e. The Morgan fingerprint density at radius 1 is 1.15 bits per heavy atom. The lowest BCUT2D eigenvalue weighted by Gasteiger charge is -2.12. The molecule has 0 bridgehead atoms. The van der Waals surface area contributed by atoms with Gasteiger partial charge in [0.25, 0.3) is 11.8 Å². The van der Waals surface area contributed by atoms with E-state index in [4.69, 9.17) is 25.6 Å². The van der Waals surface area contributed by atoms with Crippen LogP contribution in [0.1, 0.15) is 46.2 Å². The predicted molar refractivity (Wildman–Crippen MR) is 120 cm³/mol. The second kappa shape index (κ2) is 10.8. The van der Waals surface area contributed by atoms with E-state index in [0.717, 1.165) is 12.8 Å². The minimum atomic E-state index is -0.747. The molecule has 2 aromatic carbocycles. The summed E-state index contributed by atoms with van der Waals surface area (Å²) in [5.41, 5.74) is 4.64. The lowest BCUT2D eigenvalue weighted by Crippen LogP contribution is -2.41. The SMILES string of the molecule is CCCCOc1ccc(C(=O)NNC(=O)c2c(-c3c(F)cccc3Cl)noc2C)cc1OC. The van der Waals surface area contributed by atoms with Gasteiger partial charge in [-0.3, -0.25) is 20.4 Å². The number of carbonyl (C=O) groups is 2. The Morgan fingerprint density at radius 3 is 2.61 bits per heavy atom. The molecule has 0 radical (unpaired) electrons. The van der Waals surface area contributed by atoms with Crippen molar-refractivity contribution in [3.05, 3.63) is 64.1 Å². The highest BCUT2D eigenvalue weighted by Crippen LogP contribution is 2.33. The quantitative estimate of drug-likeness (QED) is 0.361. The van der Waals surface area contributed by atoms with Gasteiger partial charge in [0.2, 0.25) is 0 Å². The fourth-order valence-electron chi connectivity index (χ4n) is 3.04. The number of nitrogens with one attached hydrogen (secondary N) is 2. The van der Waals surface area contributed by atoms with Crippen molar-refractivity contribution >= 4 is 23.4 Å². The average molecular weight is 476 g/mol. The van der Waals surface area contributed by atoms with Gasteiger partial charge < -0.3 is 14.0 Å². The van der Waals surface area contributed by atoms with E-state index in [9.17, 15) is 14.0 Å². The number of amides is 2. The van der Waals surface area contributed by atoms with Crippen LogP contribution >= 0.6 is 11.6 Å². The molecule has 10 heteroatoms. The summed E-state index contributed by atoms with van der Waals surface area (Å²) in [6, 6.07) is 8.75. The van der Waals surface area contributed by atoms with Gasteiger partial charge in [-0.25, -0.2) is 4.39 Å². The van der Waals surface area contributed by atoms with Crippen LogP contribution in [0.25, 0.3) is 11.3 Å². The molecule has 3 aromatic rings. The number of aryl methyl sites for hydroxylation is 1. The molecular formula is C23H23ClFN3O5. The van der Waals surface area contributed by atoms with Crippen molar-refractivity contribution in [1.82, 2.24) is 16.0 Å². The third-order valence-electron chi connectivity index (χ3n) is 4.76. The number of rotatable bonds is 8. The minimum absolute atomic E-state index is 0.0560. The van der Waals surface area contributed by atoms with E-state index >= 15 is 0 Å². The molecule has 0 aliphatic rings. The van der Waals surface area contributed by atoms with Crippen molar-refractivity contribution in [3.8, 4) is 22.8 Å². The van der Waals surface area contributed by atoms with Crippen molar-refractivity contribution in [2.75, 3.05) is 13.7 Å². The van der Waals surface area contributed by atoms with Gasteiger partial charge >= 0.3 is 0 Å². The molecule has 8 nitrogen and oxygen atoms in total. The largest absolute Gasteiger partial charge is 0.493 e. The first-order valence-corrected chi connectivity index (χ1v) is 10.6. The standard InChI is InChI=1S/C23H23ClFN3O5/c1-4-5-11-32-17-10-9-14(12-18(17)31-3)22(29)26-27-23(30)19-13(2)33-28-21(19)20-15(24)7-6-8-16(20)25/h6-10,12H,4-5,11H2,1-3H3,(H,26,29)(H,27,30). The van der Waals surface area contributed by atoms with Gasteiger partial charge in [0, 0.05) is 5.56 Å². The highest BCUT2D eigenvalue weighted by Gasteiger charge is 2.26. The second-order valence-corrected chi connectivity index (χ2v) is 7.44. The Hall–Kier alpha value is -3.59. The summed E-state index contributed by atoms with van der Waals surface area (Å²) in [4.78, 5) is 25.3. The predicted octanol–water partition coefficient (Wildman–Crippen LogP) is 4.70. The number of halogens is 2. The molecule has 174 valence electrons. The van der Waals surface area contributed by atoms with Crippen molar-refractivity contribution in [2.45, 2.75) is 26.7 Å². The monoisotopic (exact) mass is 475 g/mol. The molecule has 0 saturated heterocycles. The first-order valence-electron chi connectivity index (χ1n) is 10.2. The topological polar surface area (TPSA) is 103 Å². The van der Waals surface area contributed by atoms with Gasteiger partial charge in [0.1, 0.15) is 22.8 Å². The number of ether oxygens (including phenoxy) is 2. The number of benzene rings is 2. The van der Waals surface area contributed by atoms with Crippen LogP contribution in [0.4, 0.5) is 4.39 Å². The fourth-order valence-corrected chi connectivity index (χ4v) is 3.29. The van der Waals surface area contributed by atoms with Crippen LogP contribution in [0.3, 0.4) is 0 Å². The third-order valence-corrected chi connectivity index (χ3v) is 5.08. The number of hydrogen-bond acceptors (Lipinski definition) is 6. The fraction of sp³-hybridized carbons (Fsp3) is 0.261. The van der Waals surface area contributed by atoms with E-state index in [0.29, 0.717) is 18.1 Å². The Kier molecular flexibility index (Phi) is 7.89. The molecule has 2 N–H and O–H groups in total. The highest BCUT2D eigenvalue weighted by molar-refractivity contribution is 6.33. The Bertz CT molecular complexity index is 1140. The van der Waals surface area contributed by atoms with Crippen LogP contribution in [0.2, 0.25) is 5.02 Å². The molecule has 0 saturated carbocycles. The van der Waals surface area contributed by atoms with Crippen LogP contribution in [0.5, 0.6) is 11.5 Å². The normalized spacial score (nSPS) is 10.6. The zero-order chi connectivity index (χ0) is 24.0. The minimum Gasteiger partial charge on any atom is -0.493 e. The van der Waals surface area contributed by atoms with Gasteiger partial charge in [-0.05, 0) is 43.7 Å². The first kappa shape index (κ1) is 24.1. The number of aromatic nitrogens is 1. The molecule has 0 aliphatic heterocycles.